The van der Waals surface area contributed by atoms with Gasteiger partial charge in [-0.15, -0.1) is 0 Å². The van der Waals surface area contributed by atoms with Gasteiger partial charge in [0.2, 0.25) is 5.91 Å². The predicted molar refractivity (Wildman–Crippen MR) is 62.2 cm³/mol. The van der Waals surface area contributed by atoms with Gasteiger partial charge in [-0.3, -0.25) is 4.79 Å². The van der Waals surface area contributed by atoms with Crippen molar-refractivity contribution in [3.05, 3.63) is 0 Å². The van der Waals surface area contributed by atoms with Crippen LogP contribution >= 0.6 is 0 Å². The summed E-state index contributed by atoms with van der Waals surface area (Å²) >= 11 is 0. The third-order valence-corrected chi connectivity index (χ3v) is 3.45. The lowest BCUT2D eigenvalue weighted by Gasteiger charge is -2.37. The van der Waals surface area contributed by atoms with Gasteiger partial charge in [-0.2, -0.15) is 0 Å². The Balaban J connectivity index is 1.67. The molecule has 0 aromatic rings. The summed E-state index contributed by atoms with van der Waals surface area (Å²) in [5, 5.41) is 6.48. The molecule has 2 N–H and O–H groups in total. The highest BCUT2D eigenvalue weighted by Crippen LogP contribution is 2.24. The van der Waals surface area contributed by atoms with Crippen LogP contribution in [0.5, 0.6) is 0 Å². The van der Waals surface area contributed by atoms with Crippen molar-refractivity contribution in [2.24, 2.45) is 0 Å². The zero-order valence-corrected chi connectivity index (χ0v) is 10.00. The third kappa shape index (κ3) is 3.19. The molecule has 0 bridgehead atoms. The molecule has 1 heterocycles. The Kier molecular flexibility index (Phi) is 4.18. The van der Waals surface area contributed by atoms with Crippen LogP contribution in [0.3, 0.4) is 0 Å². The molecule has 0 spiro atoms. The molecule has 1 aliphatic heterocycles. The van der Waals surface area contributed by atoms with Gasteiger partial charge in [0, 0.05) is 31.7 Å². The van der Waals surface area contributed by atoms with Crippen molar-refractivity contribution in [1.29, 1.82) is 0 Å². The molecule has 4 nitrogen and oxygen atoms in total. The van der Waals surface area contributed by atoms with Gasteiger partial charge in [-0.25, -0.2) is 0 Å². The minimum Gasteiger partial charge on any atom is -0.378 e. The maximum Gasteiger partial charge on any atom is 0.221 e. The van der Waals surface area contributed by atoms with E-state index >= 15 is 0 Å². The van der Waals surface area contributed by atoms with E-state index in [0.717, 1.165) is 38.8 Å². The molecule has 1 saturated carbocycles. The summed E-state index contributed by atoms with van der Waals surface area (Å²) in [5.41, 5.74) is 0. The van der Waals surface area contributed by atoms with Crippen molar-refractivity contribution in [3.63, 3.8) is 0 Å². The van der Waals surface area contributed by atoms with E-state index in [1.54, 1.807) is 0 Å². The maximum atomic E-state index is 11.4. The van der Waals surface area contributed by atoms with E-state index in [0.29, 0.717) is 24.6 Å². The summed E-state index contributed by atoms with van der Waals surface area (Å²) in [5.74, 6) is 0.190. The molecule has 16 heavy (non-hydrogen) atoms. The van der Waals surface area contributed by atoms with Crippen LogP contribution in [0, 0.1) is 0 Å². The van der Waals surface area contributed by atoms with E-state index in [1.165, 1.54) is 0 Å². The van der Waals surface area contributed by atoms with Crippen LogP contribution in [-0.2, 0) is 9.53 Å². The Morgan fingerprint density at radius 3 is 3.00 bits per heavy atom. The van der Waals surface area contributed by atoms with Gasteiger partial charge in [0.15, 0.2) is 0 Å². The van der Waals surface area contributed by atoms with Crippen LogP contribution in [0.2, 0.25) is 0 Å². The lowest BCUT2D eigenvalue weighted by atomic mass is 9.88. The summed E-state index contributed by atoms with van der Waals surface area (Å²) in [6.07, 6.45) is 5.48. The normalized spacial score (nSPS) is 35.1. The van der Waals surface area contributed by atoms with Crippen molar-refractivity contribution in [1.82, 2.24) is 10.6 Å². The number of carbonyl (C=O) groups excluding carboxylic acids is 1. The van der Waals surface area contributed by atoms with E-state index in [2.05, 4.69) is 10.6 Å². The fourth-order valence-electron chi connectivity index (χ4n) is 2.52. The minimum absolute atomic E-state index is 0.190. The molecule has 0 aromatic heterocycles. The summed E-state index contributed by atoms with van der Waals surface area (Å²) in [4.78, 5) is 11.4. The summed E-state index contributed by atoms with van der Waals surface area (Å²) in [7, 11) is 0. The zero-order valence-electron chi connectivity index (χ0n) is 10.00. The molecule has 1 atom stereocenters. The van der Waals surface area contributed by atoms with E-state index in [4.69, 9.17) is 4.74 Å². The van der Waals surface area contributed by atoms with Crippen LogP contribution in [0.4, 0.5) is 0 Å². The molecular formula is C12H22N2O2. The van der Waals surface area contributed by atoms with Crippen LogP contribution in [0.25, 0.3) is 0 Å². The maximum absolute atomic E-state index is 11.4. The van der Waals surface area contributed by atoms with Gasteiger partial charge in [0.25, 0.3) is 0 Å². The van der Waals surface area contributed by atoms with E-state index in [9.17, 15) is 4.79 Å². The van der Waals surface area contributed by atoms with Gasteiger partial charge in [-0.1, -0.05) is 0 Å². The quantitative estimate of drug-likeness (QED) is 0.746. The molecule has 1 unspecified atom stereocenters. The lowest BCUT2D eigenvalue weighted by molar-refractivity contribution is -0.121. The Bertz CT molecular complexity index is 239. The third-order valence-electron chi connectivity index (χ3n) is 3.45. The van der Waals surface area contributed by atoms with Crippen molar-refractivity contribution in [2.45, 2.75) is 57.2 Å². The van der Waals surface area contributed by atoms with Crippen molar-refractivity contribution in [3.8, 4) is 0 Å². The highest BCUT2D eigenvalue weighted by atomic mass is 16.5. The molecule has 92 valence electrons. The Morgan fingerprint density at radius 1 is 1.44 bits per heavy atom. The van der Waals surface area contributed by atoms with Crippen molar-refractivity contribution < 1.29 is 9.53 Å². The van der Waals surface area contributed by atoms with Gasteiger partial charge >= 0.3 is 0 Å². The molecule has 0 aromatic carbocycles. The second kappa shape index (κ2) is 5.64. The second-order valence-electron chi connectivity index (χ2n) is 4.81. The second-order valence-corrected chi connectivity index (χ2v) is 4.81. The van der Waals surface area contributed by atoms with E-state index in [1.807, 2.05) is 6.92 Å². The average molecular weight is 226 g/mol. The lowest BCUT2D eigenvalue weighted by Crippen LogP contribution is -2.49. The molecule has 0 radical (unpaired) electrons. The molecule has 1 amide bonds. The highest BCUT2D eigenvalue weighted by molar-refractivity contribution is 5.76. The molecule has 1 saturated heterocycles. The Morgan fingerprint density at radius 2 is 2.25 bits per heavy atom. The number of nitrogens with one attached hydrogen (secondary N) is 2. The average Bonchev–Trinajstić information content (AvgIpc) is 2.40. The van der Waals surface area contributed by atoms with Crippen LogP contribution in [-0.4, -0.2) is 37.2 Å². The smallest absolute Gasteiger partial charge is 0.221 e. The standard InChI is InChI=1S/C12H22N2O2/c1-2-16-11-6-10(7-11)14-9-4-3-5-13-12(15)8-9/h9-11,14H,2-8H2,1H3,(H,13,15). The largest absolute Gasteiger partial charge is 0.378 e. The number of hydrogen-bond acceptors (Lipinski definition) is 3. The topological polar surface area (TPSA) is 50.4 Å². The SMILES string of the molecule is CCOC1CC(NC2CCCNC(=O)C2)C1. The Labute approximate surface area is 97.1 Å². The number of carbonyl (C=O) groups is 1. The van der Waals surface area contributed by atoms with Gasteiger partial charge in [-0.05, 0) is 32.6 Å². The van der Waals surface area contributed by atoms with Crippen molar-refractivity contribution in [2.75, 3.05) is 13.2 Å². The fourth-order valence-corrected chi connectivity index (χ4v) is 2.52. The molecule has 2 rings (SSSR count). The number of rotatable bonds is 4. The van der Waals surface area contributed by atoms with E-state index < -0.39 is 0 Å². The van der Waals surface area contributed by atoms with Crippen LogP contribution in [0.1, 0.15) is 39.0 Å². The van der Waals surface area contributed by atoms with Crippen LogP contribution in [0.15, 0.2) is 0 Å². The number of amides is 1. The van der Waals surface area contributed by atoms with Gasteiger partial charge in [0.1, 0.15) is 0 Å². The molecule has 2 fully saturated rings. The first kappa shape index (κ1) is 11.9. The van der Waals surface area contributed by atoms with Crippen molar-refractivity contribution >= 4 is 5.91 Å². The first-order valence-corrected chi connectivity index (χ1v) is 6.42. The summed E-state index contributed by atoms with van der Waals surface area (Å²) in [6, 6.07) is 0.933. The summed E-state index contributed by atoms with van der Waals surface area (Å²) in [6.45, 7) is 3.68. The minimum atomic E-state index is 0.190. The van der Waals surface area contributed by atoms with Gasteiger partial charge < -0.3 is 15.4 Å². The summed E-state index contributed by atoms with van der Waals surface area (Å²) < 4.78 is 5.52. The molecule has 1 aliphatic carbocycles. The molecule has 4 heteroatoms. The van der Waals surface area contributed by atoms with E-state index in [-0.39, 0.29) is 5.91 Å². The molecule has 2 aliphatic rings. The number of hydrogen-bond donors (Lipinski definition) is 2. The highest BCUT2D eigenvalue weighted by Gasteiger charge is 2.31. The predicted octanol–water partition coefficient (Wildman–Crippen LogP) is 0.812. The number of ether oxygens (including phenoxy) is 1. The monoisotopic (exact) mass is 226 g/mol. The van der Waals surface area contributed by atoms with Gasteiger partial charge in [0.05, 0.1) is 6.10 Å². The molecular weight excluding hydrogens is 204 g/mol. The first-order valence-electron chi connectivity index (χ1n) is 6.42. The zero-order chi connectivity index (χ0) is 11.4. The Hall–Kier alpha value is -0.610. The fraction of sp³-hybridized carbons (Fsp3) is 0.917. The van der Waals surface area contributed by atoms with Crippen LogP contribution < -0.4 is 10.6 Å². The first-order chi connectivity index (χ1) is 7.78.